The Balaban J connectivity index is 1.42. The van der Waals surface area contributed by atoms with Crippen molar-refractivity contribution in [2.45, 2.75) is 52.5 Å². The molecule has 4 unspecified atom stereocenters. The lowest BCUT2D eigenvalue weighted by molar-refractivity contribution is 0.791. The molecule has 162 valence electrons. The Morgan fingerprint density at radius 2 is 1.94 bits per heavy atom. The van der Waals surface area contributed by atoms with Gasteiger partial charge in [0.25, 0.3) is 0 Å². The van der Waals surface area contributed by atoms with E-state index < -0.39 is 0 Å². The van der Waals surface area contributed by atoms with E-state index in [1.807, 2.05) is 6.08 Å². The summed E-state index contributed by atoms with van der Waals surface area (Å²) in [6.45, 7) is 9.59. The van der Waals surface area contributed by atoms with Crippen LogP contribution < -0.4 is 10.6 Å². The zero-order valence-corrected chi connectivity index (χ0v) is 19.2. The summed E-state index contributed by atoms with van der Waals surface area (Å²) in [6.07, 6.45) is 8.59. The summed E-state index contributed by atoms with van der Waals surface area (Å²) in [5.41, 5.74) is 8.25. The van der Waals surface area contributed by atoms with Crippen LogP contribution in [-0.2, 0) is 0 Å². The van der Waals surface area contributed by atoms with Crippen LogP contribution in [-0.4, -0.2) is 12.3 Å². The SMILES string of the molecule is Cc1ccc(C2CC2C)cc1NC(C)c1cccc(NCC2=CC(=N)C(C)CC=C2)c1. The van der Waals surface area contributed by atoms with E-state index >= 15 is 0 Å². The summed E-state index contributed by atoms with van der Waals surface area (Å²) in [7, 11) is 0. The lowest BCUT2D eigenvalue weighted by Crippen LogP contribution is -2.10. The Hall–Kier alpha value is -2.81. The van der Waals surface area contributed by atoms with Gasteiger partial charge < -0.3 is 16.0 Å². The van der Waals surface area contributed by atoms with Crippen molar-refractivity contribution in [2.75, 3.05) is 17.2 Å². The number of hydrogen-bond acceptors (Lipinski definition) is 3. The maximum absolute atomic E-state index is 8.17. The fourth-order valence-electron chi connectivity index (χ4n) is 4.30. The Bertz CT molecular complexity index is 1020. The van der Waals surface area contributed by atoms with Crippen LogP contribution in [0, 0.1) is 24.2 Å². The molecule has 0 aromatic heterocycles. The summed E-state index contributed by atoms with van der Waals surface area (Å²) in [6, 6.07) is 15.8. The summed E-state index contributed by atoms with van der Waals surface area (Å²) in [5, 5.41) is 15.4. The highest BCUT2D eigenvalue weighted by Gasteiger charge is 2.34. The molecule has 31 heavy (non-hydrogen) atoms. The molecule has 1 saturated carbocycles. The highest BCUT2D eigenvalue weighted by Crippen LogP contribution is 2.47. The molecule has 0 heterocycles. The van der Waals surface area contributed by atoms with Gasteiger partial charge in [0.05, 0.1) is 0 Å². The molecule has 0 spiro atoms. The van der Waals surface area contributed by atoms with Crippen LogP contribution in [0.3, 0.4) is 0 Å². The molecule has 0 bridgehead atoms. The van der Waals surface area contributed by atoms with Gasteiger partial charge in [-0.1, -0.05) is 50.3 Å². The first-order chi connectivity index (χ1) is 14.9. The zero-order chi connectivity index (χ0) is 22.0. The largest absolute Gasteiger partial charge is 0.381 e. The van der Waals surface area contributed by atoms with Gasteiger partial charge in [-0.05, 0) is 85.1 Å². The van der Waals surface area contributed by atoms with Gasteiger partial charge in [-0.3, -0.25) is 0 Å². The van der Waals surface area contributed by atoms with E-state index in [9.17, 15) is 0 Å². The molecule has 4 rings (SSSR count). The zero-order valence-electron chi connectivity index (χ0n) is 19.2. The average molecular weight is 414 g/mol. The van der Waals surface area contributed by atoms with Crippen molar-refractivity contribution in [3.8, 4) is 0 Å². The van der Waals surface area contributed by atoms with Gasteiger partial charge in [-0.15, -0.1) is 0 Å². The normalized spacial score (nSPS) is 23.7. The van der Waals surface area contributed by atoms with E-state index in [-0.39, 0.29) is 6.04 Å². The fraction of sp³-hybridized carbons (Fsp3) is 0.393. The number of allylic oxidation sites excluding steroid dienone is 2. The number of anilines is 2. The Labute approximate surface area is 187 Å². The Kier molecular flexibility index (Phi) is 6.31. The first-order valence-electron chi connectivity index (χ1n) is 11.6. The molecule has 0 amide bonds. The van der Waals surface area contributed by atoms with Crippen molar-refractivity contribution in [1.82, 2.24) is 0 Å². The third kappa shape index (κ3) is 5.28. The van der Waals surface area contributed by atoms with Crippen molar-refractivity contribution in [3.63, 3.8) is 0 Å². The number of hydrogen-bond donors (Lipinski definition) is 3. The predicted molar refractivity (Wildman–Crippen MR) is 133 cm³/mol. The van der Waals surface area contributed by atoms with E-state index in [2.05, 4.69) is 92.9 Å². The second kappa shape index (κ2) is 9.13. The molecule has 2 aliphatic carbocycles. The summed E-state index contributed by atoms with van der Waals surface area (Å²) in [4.78, 5) is 0. The second-order valence-electron chi connectivity index (χ2n) is 9.45. The number of nitrogens with one attached hydrogen (secondary N) is 3. The standard InChI is InChI=1S/C28H35N3/c1-18-7-5-8-22(14-27(18)29)17-30-25-10-6-9-23(15-25)21(4)31-28-16-24(12-11-19(28)2)26-13-20(26)3/h5-6,8-12,14-16,18,20-21,26,29-31H,7,13,17H2,1-4H3. The first-order valence-corrected chi connectivity index (χ1v) is 11.6. The van der Waals surface area contributed by atoms with Gasteiger partial charge in [0.15, 0.2) is 0 Å². The lowest BCUT2D eigenvalue weighted by atomic mass is 10.0. The minimum Gasteiger partial charge on any atom is -0.381 e. The van der Waals surface area contributed by atoms with Crippen LogP contribution >= 0.6 is 0 Å². The minimum absolute atomic E-state index is 0.221. The van der Waals surface area contributed by atoms with Crippen LogP contribution in [0.4, 0.5) is 11.4 Å². The number of aryl methyl sites for hydroxylation is 1. The van der Waals surface area contributed by atoms with E-state index in [0.717, 1.165) is 36.1 Å². The molecule has 0 saturated heterocycles. The smallest absolute Gasteiger partial charge is 0.0486 e. The summed E-state index contributed by atoms with van der Waals surface area (Å²) in [5.74, 6) is 1.86. The molecule has 2 aromatic carbocycles. The molecule has 0 radical (unpaired) electrons. The highest BCUT2D eigenvalue weighted by molar-refractivity contribution is 5.95. The van der Waals surface area contributed by atoms with Gasteiger partial charge in [0.2, 0.25) is 0 Å². The second-order valence-corrected chi connectivity index (χ2v) is 9.45. The van der Waals surface area contributed by atoms with Crippen LogP contribution in [0.25, 0.3) is 0 Å². The minimum atomic E-state index is 0.221. The quantitative estimate of drug-likeness (QED) is 0.448. The van der Waals surface area contributed by atoms with Crippen molar-refractivity contribution in [1.29, 1.82) is 5.41 Å². The van der Waals surface area contributed by atoms with Crippen molar-refractivity contribution < 1.29 is 0 Å². The van der Waals surface area contributed by atoms with Crippen LogP contribution in [0.1, 0.15) is 62.3 Å². The molecule has 2 aliphatic rings. The molecule has 3 nitrogen and oxygen atoms in total. The summed E-state index contributed by atoms with van der Waals surface area (Å²) < 4.78 is 0. The predicted octanol–water partition coefficient (Wildman–Crippen LogP) is 7.25. The molecule has 0 aliphatic heterocycles. The maximum Gasteiger partial charge on any atom is 0.0486 e. The van der Waals surface area contributed by atoms with Crippen molar-refractivity contribution in [3.05, 3.63) is 83.0 Å². The molecular weight excluding hydrogens is 378 g/mol. The lowest BCUT2D eigenvalue weighted by Gasteiger charge is -2.19. The third-order valence-electron chi connectivity index (χ3n) is 6.75. The number of rotatable bonds is 7. The first kappa shape index (κ1) is 21.4. The van der Waals surface area contributed by atoms with E-state index in [1.165, 1.54) is 28.8 Å². The number of benzene rings is 2. The highest BCUT2D eigenvalue weighted by atomic mass is 14.9. The fourth-order valence-corrected chi connectivity index (χ4v) is 4.30. The molecule has 4 atom stereocenters. The van der Waals surface area contributed by atoms with Crippen LogP contribution in [0.15, 0.2) is 66.3 Å². The van der Waals surface area contributed by atoms with Crippen molar-refractivity contribution >= 4 is 17.1 Å². The van der Waals surface area contributed by atoms with E-state index in [1.54, 1.807) is 0 Å². The van der Waals surface area contributed by atoms with Gasteiger partial charge in [-0.2, -0.15) is 0 Å². The van der Waals surface area contributed by atoms with E-state index in [4.69, 9.17) is 5.41 Å². The maximum atomic E-state index is 8.17. The van der Waals surface area contributed by atoms with Crippen molar-refractivity contribution in [2.24, 2.45) is 11.8 Å². The van der Waals surface area contributed by atoms with Gasteiger partial charge in [0.1, 0.15) is 0 Å². The average Bonchev–Trinajstić information content (AvgIpc) is 3.51. The Morgan fingerprint density at radius 1 is 1.13 bits per heavy atom. The molecule has 2 aromatic rings. The van der Waals surface area contributed by atoms with Crippen LogP contribution in [0.5, 0.6) is 0 Å². The third-order valence-corrected chi connectivity index (χ3v) is 6.75. The summed E-state index contributed by atoms with van der Waals surface area (Å²) >= 11 is 0. The van der Waals surface area contributed by atoms with Gasteiger partial charge >= 0.3 is 0 Å². The molecule has 3 heteroatoms. The molecule has 1 fully saturated rings. The monoisotopic (exact) mass is 413 g/mol. The van der Waals surface area contributed by atoms with E-state index in [0.29, 0.717) is 11.6 Å². The van der Waals surface area contributed by atoms with Gasteiger partial charge in [0, 0.05) is 35.6 Å². The molecule has 3 N–H and O–H groups in total. The van der Waals surface area contributed by atoms with Crippen LogP contribution in [0.2, 0.25) is 0 Å². The Morgan fingerprint density at radius 3 is 2.71 bits per heavy atom. The van der Waals surface area contributed by atoms with Gasteiger partial charge in [-0.25, -0.2) is 0 Å². The molecular formula is C28H35N3. The topological polar surface area (TPSA) is 47.9 Å².